The number of nitrogens with zero attached hydrogens (tertiary/aromatic N) is 1. The van der Waals surface area contributed by atoms with E-state index in [-0.39, 0.29) is 11.3 Å². The van der Waals surface area contributed by atoms with Crippen molar-refractivity contribution in [2.75, 3.05) is 5.32 Å². The molecule has 0 saturated heterocycles. The van der Waals surface area contributed by atoms with Gasteiger partial charge in [-0.15, -0.1) is 0 Å². The number of hydrogen-bond acceptors (Lipinski definition) is 4. The van der Waals surface area contributed by atoms with Gasteiger partial charge in [0, 0.05) is 6.20 Å². The second kappa shape index (κ2) is 11.2. The van der Waals surface area contributed by atoms with Gasteiger partial charge in [0.05, 0.1) is 10.0 Å². The number of carbonyl (C=O) groups excluding carboxylic acids is 2. The first kappa shape index (κ1) is 23.8. The molecule has 0 radical (unpaired) electrons. The highest BCUT2D eigenvalue weighted by Crippen LogP contribution is 2.29. The summed E-state index contributed by atoms with van der Waals surface area (Å²) in [7, 11) is 0. The van der Waals surface area contributed by atoms with Gasteiger partial charge >= 0.3 is 0 Å². The third-order valence-corrected chi connectivity index (χ3v) is 5.43. The average Bonchev–Trinajstić information content (AvgIpc) is 2.87. The predicted octanol–water partition coefficient (Wildman–Crippen LogP) is 6.19. The number of nitrogens with one attached hydrogen (secondary N) is 2. The van der Waals surface area contributed by atoms with Crippen LogP contribution in [0.4, 0.5) is 10.2 Å². The number of anilines is 1. The smallest absolute Gasteiger partial charge is 0.273 e. The lowest BCUT2D eigenvalue weighted by molar-refractivity contribution is -0.113. The zero-order chi connectivity index (χ0) is 24.6. The lowest BCUT2D eigenvalue weighted by Gasteiger charge is -2.12. The van der Waals surface area contributed by atoms with Crippen molar-refractivity contribution in [2.24, 2.45) is 0 Å². The third kappa shape index (κ3) is 6.39. The summed E-state index contributed by atoms with van der Waals surface area (Å²) < 4.78 is 20.8. The van der Waals surface area contributed by atoms with Crippen LogP contribution in [-0.4, -0.2) is 16.8 Å². The van der Waals surface area contributed by atoms with Crippen LogP contribution < -0.4 is 15.4 Å². The van der Waals surface area contributed by atoms with Crippen LogP contribution in [0.25, 0.3) is 6.08 Å². The minimum atomic E-state index is -0.751. The molecule has 0 saturated carbocycles. The Hall–Kier alpha value is -4.30. The molecule has 174 valence electrons. The first-order valence-corrected chi connectivity index (χ1v) is 11.3. The number of carbonyl (C=O) groups is 2. The minimum Gasteiger partial charge on any atom is -0.456 e. The van der Waals surface area contributed by atoms with Crippen molar-refractivity contribution >= 4 is 39.6 Å². The second-order valence-corrected chi connectivity index (χ2v) is 8.12. The fourth-order valence-electron chi connectivity index (χ4n) is 3.07. The summed E-state index contributed by atoms with van der Waals surface area (Å²) in [6.07, 6.45) is 3.01. The molecule has 0 aliphatic rings. The van der Waals surface area contributed by atoms with Gasteiger partial charge in [0.15, 0.2) is 0 Å². The maximum atomic E-state index is 14.1. The maximum Gasteiger partial charge on any atom is 0.273 e. The van der Waals surface area contributed by atoms with Crippen molar-refractivity contribution in [2.45, 2.75) is 0 Å². The number of benzene rings is 3. The number of para-hydroxylation sites is 1. The molecule has 0 fully saturated rings. The number of aromatic nitrogens is 1. The van der Waals surface area contributed by atoms with E-state index >= 15 is 0 Å². The first-order chi connectivity index (χ1) is 17.0. The number of rotatable bonds is 7. The Morgan fingerprint density at radius 1 is 0.886 bits per heavy atom. The van der Waals surface area contributed by atoms with Crippen molar-refractivity contribution in [1.29, 1.82) is 0 Å². The van der Waals surface area contributed by atoms with Gasteiger partial charge in [-0.25, -0.2) is 9.37 Å². The fraction of sp³-hybridized carbons (Fsp3) is 0. The topological polar surface area (TPSA) is 80.3 Å². The summed E-state index contributed by atoms with van der Waals surface area (Å²) in [5.41, 5.74) is 0.356. The largest absolute Gasteiger partial charge is 0.456 e. The summed E-state index contributed by atoms with van der Waals surface area (Å²) in [4.78, 5) is 29.7. The van der Waals surface area contributed by atoms with Crippen molar-refractivity contribution in [3.63, 3.8) is 0 Å². The Bertz CT molecular complexity index is 1380. The van der Waals surface area contributed by atoms with Gasteiger partial charge in [-0.2, -0.15) is 0 Å². The molecule has 0 spiro atoms. The fourth-order valence-corrected chi connectivity index (χ4v) is 3.43. The molecule has 6 nitrogen and oxygen atoms in total. The molecule has 2 N–H and O–H groups in total. The van der Waals surface area contributed by atoms with Crippen LogP contribution in [0, 0.1) is 5.82 Å². The van der Waals surface area contributed by atoms with E-state index in [1.54, 1.807) is 48.5 Å². The predicted molar refractivity (Wildman–Crippen MR) is 135 cm³/mol. The van der Waals surface area contributed by atoms with E-state index in [4.69, 9.17) is 4.74 Å². The van der Waals surface area contributed by atoms with Crippen LogP contribution in [0.15, 0.2) is 107 Å². The SMILES string of the molecule is O=C(Nc1ccccn1)C(=Cc1ccc(Oc2ccccc2Br)cc1)NC(=O)c1ccccc1F. The Kier molecular flexibility index (Phi) is 7.64. The molecule has 1 heterocycles. The van der Waals surface area contributed by atoms with E-state index in [9.17, 15) is 14.0 Å². The summed E-state index contributed by atoms with van der Waals surface area (Å²) in [5.74, 6) is -0.502. The lowest BCUT2D eigenvalue weighted by atomic mass is 10.1. The van der Waals surface area contributed by atoms with Gasteiger partial charge < -0.3 is 15.4 Å². The van der Waals surface area contributed by atoms with Gasteiger partial charge in [-0.3, -0.25) is 9.59 Å². The molecule has 0 bridgehead atoms. The summed E-state index contributed by atoms with van der Waals surface area (Å²) in [5, 5.41) is 5.14. The van der Waals surface area contributed by atoms with Gasteiger partial charge in [0.1, 0.15) is 28.8 Å². The molecule has 3 aromatic carbocycles. The molecular formula is C27H19BrFN3O3. The molecular weight excluding hydrogens is 513 g/mol. The highest BCUT2D eigenvalue weighted by Gasteiger charge is 2.17. The molecule has 2 amide bonds. The van der Waals surface area contributed by atoms with Crippen molar-refractivity contribution in [1.82, 2.24) is 10.3 Å². The van der Waals surface area contributed by atoms with E-state index in [0.717, 1.165) is 4.47 Å². The Morgan fingerprint density at radius 2 is 1.60 bits per heavy atom. The van der Waals surface area contributed by atoms with Crippen LogP contribution in [-0.2, 0) is 4.79 Å². The van der Waals surface area contributed by atoms with Gasteiger partial charge in [-0.05, 0) is 76.1 Å². The normalized spacial score (nSPS) is 11.0. The maximum absolute atomic E-state index is 14.1. The average molecular weight is 532 g/mol. The van der Waals surface area contributed by atoms with E-state index in [2.05, 4.69) is 31.5 Å². The molecule has 8 heteroatoms. The molecule has 0 unspecified atom stereocenters. The van der Waals surface area contributed by atoms with E-state index in [1.807, 2.05) is 24.3 Å². The summed E-state index contributed by atoms with van der Waals surface area (Å²) >= 11 is 3.44. The second-order valence-electron chi connectivity index (χ2n) is 7.26. The number of amides is 2. The number of ether oxygens (including phenoxy) is 1. The summed E-state index contributed by atoms with van der Waals surface area (Å²) in [6.45, 7) is 0. The number of halogens is 2. The highest BCUT2D eigenvalue weighted by atomic mass is 79.9. The van der Waals surface area contributed by atoms with E-state index in [1.165, 1.54) is 30.5 Å². The van der Waals surface area contributed by atoms with E-state index in [0.29, 0.717) is 22.9 Å². The Morgan fingerprint density at radius 3 is 2.31 bits per heavy atom. The highest BCUT2D eigenvalue weighted by molar-refractivity contribution is 9.10. The molecule has 0 aliphatic heterocycles. The van der Waals surface area contributed by atoms with Crippen LogP contribution in [0.2, 0.25) is 0 Å². The zero-order valence-electron chi connectivity index (χ0n) is 18.2. The number of pyridine rings is 1. The molecule has 4 aromatic rings. The van der Waals surface area contributed by atoms with E-state index < -0.39 is 17.6 Å². The third-order valence-electron chi connectivity index (χ3n) is 4.77. The zero-order valence-corrected chi connectivity index (χ0v) is 19.8. The van der Waals surface area contributed by atoms with Crippen LogP contribution in [0.5, 0.6) is 11.5 Å². The van der Waals surface area contributed by atoms with Crippen molar-refractivity contribution < 1.29 is 18.7 Å². The lowest BCUT2D eigenvalue weighted by Crippen LogP contribution is -2.31. The van der Waals surface area contributed by atoms with Crippen molar-refractivity contribution in [3.05, 3.63) is 124 Å². The van der Waals surface area contributed by atoms with Gasteiger partial charge in [0.2, 0.25) is 0 Å². The number of hydrogen-bond donors (Lipinski definition) is 2. The molecule has 4 rings (SSSR count). The van der Waals surface area contributed by atoms with Crippen LogP contribution in [0.1, 0.15) is 15.9 Å². The molecule has 1 aromatic heterocycles. The van der Waals surface area contributed by atoms with Crippen LogP contribution in [0.3, 0.4) is 0 Å². The molecule has 0 aliphatic carbocycles. The Balaban J connectivity index is 1.58. The summed E-state index contributed by atoms with van der Waals surface area (Å²) in [6, 6.07) is 25.0. The standard InChI is InChI=1S/C27H19BrFN3O3/c28-21-8-2-4-10-24(21)35-19-14-12-18(13-15-19)17-23(27(34)32-25-11-5-6-16-30-25)31-26(33)20-7-1-3-9-22(20)29/h1-17H,(H,31,33)(H,30,32,34). The Labute approximate surface area is 209 Å². The monoisotopic (exact) mass is 531 g/mol. The minimum absolute atomic E-state index is 0.0802. The van der Waals surface area contributed by atoms with Crippen LogP contribution >= 0.6 is 15.9 Å². The molecule has 0 atom stereocenters. The van der Waals surface area contributed by atoms with Gasteiger partial charge in [0.25, 0.3) is 11.8 Å². The van der Waals surface area contributed by atoms with Crippen molar-refractivity contribution in [3.8, 4) is 11.5 Å². The molecule has 35 heavy (non-hydrogen) atoms. The first-order valence-electron chi connectivity index (χ1n) is 10.5. The quantitative estimate of drug-likeness (QED) is 0.279. The van der Waals surface area contributed by atoms with Gasteiger partial charge in [-0.1, -0.05) is 42.5 Å².